The maximum atomic E-state index is 12.6. The first-order chi connectivity index (χ1) is 12.3. The zero-order valence-electron chi connectivity index (χ0n) is 14.0. The number of hydrogen-bond acceptors (Lipinski definition) is 4. The monoisotopic (exact) mass is 333 g/mol. The molecule has 2 heterocycles. The summed E-state index contributed by atoms with van der Waals surface area (Å²) in [7, 11) is 0. The van der Waals surface area contributed by atoms with Gasteiger partial charge in [0, 0.05) is 13.0 Å². The van der Waals surface area contributed by atoms with Crippen LogP contribution >= 0.6 is 0 Å². The summed E-state index contributed by atoms with van der Waals surface area (Å²) in [5.74, 6) is 0.642. The van der Waals surface area contributed by atoms with Gasteiger partial charge in [-0.25, -0.2) is 14.5 Å². The first-order valence-corrected chi connectivity index (χ1v) is 8.43. The molecule has 4 aromatic rings. The fourth-order valence-corrected chi connectivity index (χ4v) is 2.99. The third-order valence-corrected chi connectivity index (χ3v) is 4.21. The second-order valence-electron chi connectivity index (χ2n) is 6.01. The Balaban J connectivity index is 1.65. The number of aromatic amines is 1. The minimum Gasteiger partial charge on any atom is -0.351 e. The molecule has 6 heteroatoms. The number of carbonyl (C=O) groups excluding carboxylic acids is 1. The third-order valence-electron chi connectivity index (χ3n) is 4.21. The predicted octanol–water partition coefficient (Wildman–Crippen LogP) is 3.97. The highest BCUT2D eigenvalue weighted by molar-refractivity contribution is 5.93. The van der Waals surface area contributed by atoms with E-state index in [-0.39, 0.29) is 5.91 Å². The molecule has 4 rings (SSSR count). The summed E-state index contributed by atoms with van der Waals surface area (Å²) in [5.41, 5.74) is 4.67. The molecule has 0 saturated carbocycles. The van der Waals surface area contributed by atoms with Crippen LogP contribution in [-0.2, 0) is 6.54 Å². The number of anilines is 1. The Labute approximate surface area is 144 Å². The van der Waals surface area contributed by atoms with Gasteiger partial charge in [0.05, 0.1) is 28.4 Å². The summed E-state index contributed by atoms with van der Waals surface area (Å²) >= 11 is 0. The van der Waals surface area contributed by atoms with Crippen molar-refractivity contribution in [1.82, 2.24) is 19.5 Å². The van der Waals surface area contributed by atoms with Crippen molar-refractivity contribution in [1.29, 1.82) is 0 Å². The van der Waals surface area contributed by atoms with Crippen molar-refractivity contribution in [3.63, 3.8) is 0 Å². The van der Waals surface area contributed by atoms with E-state index in [1.54, 1.807) is 10.9 Å². The van der Waals surface area contributed by atoms with E-state index < -0.39 is 0 Å². The summed E-state index contributed by atoms with van der Waals surface area (Å²) in [6, 6.07) is 13.8. The van der Waals surface area contributed by atoms with Crippen LogP contribution < -0.4 is 5.32 Å². The molecular formula is C19H19N5O. The molecule has 0 spiro atoms. The second kappa shape index (κ2) is 6.39. The lowest BCUT2D eigenvalue weighted by atomic mass is 10.2. The van der Waals surface area contributed by atoms with Gasteiger partial charge in [0.25, 0.3) is 0 Å². The van der Waals surface area contributed by atoms with Crippen LogP contribution in [0, 0.1) is 0 Å². The van der Waals surface area contributed by atoms with Crippen LogP contribution in [-0.4, -0.2) is 25.4 Å². The number of hydrogen-bond donors (Lipinski definition) is 2. The number of nitrogens with one attached hydrogen (secondary N) is 2. The number of imidazole rings is 2. The van der Waals surface area contributed by atoms with Gasteiger partial charge >= 0.3 is 0 Å². The average Bonchev–Trinajstić information content (AvgIpc) is 3.23. The molecule has 2 aromatic heterocycles. The third kappa shape index (κ3) is 2.87. The van der Waals surface area contributed by atoms with Gasteiger partial charge in [0.1, 0.15) is 0 Å². The number of rotatable bonds is 5. The van der Waals surface area contributed by atoms with Crippen LogP contribution in [0.1, 0.15) is 30.1 Å². The molecule has 25 heavy (non-hydrogen) atoms. The van der Waals surface area contributed by atoms with Gasteiger partial charge in [-0.15, -0.1) is 0 Å². The Bertz CT molecular complexity index is 1050. The molecule has 0 saturated heterocycles. The fraction of sp³-hybridized carbons (Fsp3) is 0.211. The number of fused-ring (bicyclic) bond motifs is 2. The Hall–Kier alpha value is -3.15. The topological polar surface area (TPSA) is 75.6 Å². The molecule has 0 unspecified atom stereocenters. The largest absolute Gasteiger partial charge is 0.351 e. The fourth-order valence-electron chi connectivity index (χ4n) is 2.99. The van der Waals surface area contributed by atoms with Gasteiger partial charge in [-0.05, 0) is 36.2 Å². The van der Waals surface area contributed by atoms with Crippen molar-refractivity contribution in [2.45, 2.75) is 26.3 Å². The van der Waals surface area contributed by atoms with Gasteiger partial charge in [-0.3, -0.25) is 4.79 Å². The Morgan fingerprint density at radius 1 is 1.20 bits per heavy atom. The summed E-state index contributed by atoms with van der Waals surface area (Å²) in [5, 5.41) is 3.31. The van der Waals surface area contributed by atoms with E-state index in [4.69, 9.17) is 0 Å². The molecule has 0 aliphatic carbocycles. The zero-order chi connectivity index (χ0) is 17.2. The van der Waals surface area contributed by atoms with Gasteiger partial charge < -0.3 is 10.3 Å². The van der Waals surface area contributed by atoms with Crippen LogP contribution in [0.5, 0.6) is 0 Å². The number of H-pyrrole nitrogens is 1. The van der Waals surface area contributed by atoms with Crippen molar-refractivity contribution in [3.05, 3.63) is 54.4 Å². The maximum absolute atomic E-state index is 12.6. The van der Waals surface area contributed by atoms with Crippen LogP contribution in [0.15, 0.2) is 48.8 Å². The van der Waals surface area contributed by atoms with Crippen LogP contribution in [0.2, 0.25) is 0 Å². The van der Waals surface area contributed by atoms with E-state index in [1.165, 1.54) is 0 Å². The average molecular weight is 333 g/mol. The number of benzene rings is 2. The van der Waals surface area contributed by atoms with E-state index in [9.17, 15) is 4.79 Å². The molecule has 0 aliphatic heterocycles. The first kappa shape index (κ1) is 15.4. The molecule has 0 bridgehead atoms. The van der Waals surface area contributed by atoms with Crippen molar-refractivity contribution < 1.29 is 4.79 Å². The van der Waals surface area contributed by atoms with Gasteiger partial charge in [0.2, 0.25) is 11.9 Å². The SMILES string of the molecule is CCCC(=O)n1c(NCc2ccc3[nH]cnc3c2)nc2ccccc21. The molecule has 0 amide bonds. The van der Waals surface area contributed by atoms with E-state index in [1.807, 2.05) is 49.4 Å². The molecule has 0 radical (unpaired) electrons. The Morgan fingerprint density at radius 2 is 2.08 bits per heavy atom. The van der Waals surface area contributed by atoms with Crippen LogP contribution in [0.4, 0.5) is 5.95 Å². The van der Waals surface area contributed by atoms with E-state index >= 15 is 0 Å². The van der Waals surface area contributed by atoms with Crippen LogP contribution in [0.3, 0.4) is 0 Å². The van der Waals surface area contributed by atoms with Gasteiger partial charge in [-0.2, -0.15) is 0 Å². The second-order valence-corrected chi connectivity index (χ2v) is 6.01. The number of nitrogens with zero attached hydrogens (tertiary/aromatic N) is 3. The lowest BCUT2D eigenvalue weighted by Crippen LogP contribution is -2.14. The van der Waals surface area contributed by atoms with Gasteiger partial charge in [-0.1, -0.05) is 25.1 Å². The molecule has 0 aliphatic rings. The molecule has 0 fully saturated rings. The summed E-state index contributed by atoms with van der Waals surface area (Å²) in [6.07, 6.45) is 2.99. The van der Waals surface area contributed by atoms with E-state index in [2.05, 4.69) is 20.3 Å². The Kier molecular flexibility index (Phi) is 3.93. The first-order valence-electron chi connectivity index (χ1n) is 8.43. The lowest BCUT2D eigenvalue weighted by molar-refractivity contribution is 0.0909. The summed E-state index contributed by atoms with van der Waals surface area (Å²) in [6.45, 7) is 2.58. The zero-order valence-corrected chi connectivity index (χ0v) is 14.0. The molecule has 6 nitrogen and oxygen atoms in total. The summed E-state index contributed by atoms with van der Waals surface area (Å²) in [4.78, 5) is 24.5. The summed E-state index contributed by atoms with van der Waals surface area (Å²) < 4.78 is 1.69. The molecular weight excluding hydrogens is 314 g/mol. The van der Waals surface area contributed by atoms with Crippen LogP contribution in [0.25, 0.3) is 22.1 Å². The highest BCUT2D eigenvalue weighted by Gasteiger charge is 2.15. The molecule has 126 valence electrons. The Morgan fingerprint density at radius 3 is 2.96 bits per heavy atom. The number of carbonyl (C=O) groups is 1. The number of aromatic nitrogens is 4. The highest BCUT2D eigenvalue weighted by atomic mass is 16.2. The van der Waals surface area contributed by atoms with Gasteiger partial charge in [0.15, 0.2) is 0 Å². The van der Waals surface area contributed by atoms with E-state index in [0.29, 0.717) is 18.9 Å². The normalized spacial score (nSPS) is 11.2. The number of para-hydroxylation sites is 2. The smallest absolute Gasteiger partial charge is 0.233 e. The van der Waals surface area contributed by atoms with E-state index in [0.717, 1.165) is 34.1 Å². The maximum Gasteiger partial charge on any atom is 0.233 e. The highest BCUT2D eigenvalue weighted by Crippen LogP contribution is 2.21. The predicted molar refractivity (Wildman–Crippen MR) is 98.7 cm³/mol. The molecule has 2 N–H and O–H groups in total. The standard InChI is InChI=1S/C19H19N5O/c1-2-5-18(25)24-17-7-4-3-6-15(17)23-19(24)20-11-13-8-9-14-16(10-13)22-12-21-14/h3-4,6-10,12H,2,5,11H2,1H3,(H,20,23)(H,21,22). The quantitative estimate of drug-likeness (QED) is 0.579. The molecule has 2 aromatic carbocycles. The van der Waals surface area contributed by atoms with Crippen molar-refractivity contribution in [3.8, 4) is 0 Å². The lowest BCUT2D eigenvalue weighted by Gasteiger charge is -2.09. The van der Waals surface area contributed by atoms with Crippen molar-refractivity contribution in [2.24, 2.45) is 0 Å². The minimum atomic E-state index is 0.0569. The minimum absolute atomic E-state index is 0.0569. The molecule has 0 atom stereocenters. The van der Waals surface area contributed by atoms with Crippen molar-refractivity contribution in [2.75, 3.05) is 5.32 Å². The van der Waals surface area contributed by atoms with Crippen molar-refractivity contribution >= 4 is 33.9 Å².